The molecule has 0 aliphatic heterocycles. The molecule has 0 bridgehead atoms. The molecule has 0 spiro atoms. The molecule has 0 atom stereocenters. The van der Waals surface area contributed by atoms with Crippen LogP contribution in [0, 0.1) is 0 Å². The van der Waals surface area contributed by atoms with Crippen molar-refractivity contribution in [2.45, 2.75) is 13.3 Å². The van der Waals surface area contributed by atoms with Crippen LogP contribution < -0.4 is 5.73 Å². The third kappa shape index (κ3) is 1.72. The Labute approximate surface area is 85.9 Å². The van der Waals surface area contributed by atoms with Gasteiger partial charge in [0.1, 0.15) is 5.69 Å². The van der Waals surface area contributed by atoms with E-state index >= 15 is 0 Å². The van der Waals surface area contributed by atoms with Gasteiger partial charge in [0.2, 0.25) is 0 Å². The Balaban J connectivity index is 2.34. The van der Waals surface area contributed by atoms with Crippen molar-refractivity contribution < 1.29 is 0 Å². The first-order chi connectivity index (χ1) is 6.79. The van der Waals surface area contributed by atoms with Crippen LogP contribution in [0.4, 0.5) is 5.69 Å². The minimum absolute atomic E-state index is 0.569. The van der Waals surface area contributed by atoms with E-state index in [1.54, 1.807) is 23.7 Å². The van der Waals surface area contributed by atoms with E-state index in [2.05, 4.69) is 21.9 Å². The second kappa shape index (κ2) is 3.71. The van der Waals surface area contributed by atoms with Crippen molar-refractivity contribution in [3.63, 3.8) is 0 Å². The predicted molar refractivity (Wildman–Crippen MR) is 56.9 cm³/mol. The largest absolute Gasteiger partial charge is 0.396 e. The number of rotatable bonds is 2. The summed E-state index contributed by atoms with van der Waals surface area (Å²) in [5.41, 5.74) is 6.89. The zero-order chi connectivity index (χ0) is 9.97. The van der Waals surface area contributed by atoms with Crippen molar-refractivity contribution in [1.82, 2.24) is 15.0 Å². The lowest BCUT2D eigenvalue weighted by molar-refractivity contribution is 1.08. The van der Waals surface area contributed by atoms with Gasteiger partial charge in [-0.3, -0.25) is 0 Å². The summed E-state index contributed by atoms with van der Waals surface area (Å²) in [5, 5.41) is 3.06. The van der Waals surface area contributed by atoms with Crippen LogP contribution in [-0.2, 0) is 6.42 Å². The molecule has 4 nitrogen and oxygen atoms in total. The molecule has 0 saturated carbocycles. The van der Waals surface area contributed by atoms with Crippen LogP contribution in [0.15, 0.2) is 17.8 Å². The maximum Gasteiger partial charge on any atom is 0.179 e. The zero-order valence-electron chi connectivity index (χ0n) is 7.77. The summed E-state index contributed by atoms with van der Waals surface area (Å²) in [6.07, 6.45) is 4.13. The minimum Gasteiger partial charge on any atom is -0.396 e. The van der Waals surface area contributed by atoms with Crippen molar-refractivity contribution in [3.8, 4) is 11.5 Å². The van der Waals surface area contributed by atoms with Crippen molar-refractivity contribution in [2.75, 3.05) is 5.73 Å². The molecule has 0 unspecified atom stereocenters. The topological polar surface area (TPSA) is 64.7 Å². The molecule has 5 heteroatoms. The molecule has 2 N–H and O–H groups in total. The molecule has 2 rings (SSSR count). The Morgan fingerprint density at radius 1 is 1.36 bits per heavy atom. The fourth-order valence-corrected chi connectivity index (χ4v) is 1.77. The monoisotopic (exact) mass is 206 g/mol. The minimum atomic E-state index is 0.569. The molecule has 2 aromatic rings. The maximum absolute atomic E-state index is 5.49. The summed E-state index contributed by atoms with van der Waals surface area (Å²) < 4.78 is 0. The highest BCUT2D eigenvalue weighted by Crippen LogP contribution is 2.18. The first kappa shape index (κ1) is 9.08. The van der Waals surface area contributed by atoms with Crippen LogP contribution in [0.2, 0.25) is 0 Å². The van der Waals surface area contributed by atoms with E-state index in [4.69, 9.17) is 5.73 Å². The molecular weight excluding hydrogens is 196 g/mol. The van der Waals surface area contributed by atoms with Crippen molar-refractivity contribution >= 4 is 17.0 Å². The smallest absolute Gasteiger partial charge is 0.179 e. The summed E-state index contributed by atoms with van der Waals surface area (Å²) in [6, 6.07) is 0. The van der Waals surface area contributed by atoms with Crippen LogP contribution >= 0.6 is 11.3 Å². The maximum atomic E-state index is 5.49. The molecule has 0 radical (unpaired) electrons. The number of nitrogen functional groups attached to an aromatic ring is 1. The second-order valence-electron chi connectivity index (χ2n) is 2.82. The lowest BCUT2D eigenvalue weighted by atomic mass is 10.4. The molecule has 0 fully saturated rings. The molecule has 0 aliphatic carbocycles. The molecule has 72 valence electrons. The van der Waals surface area contributed by atoms with E-state index in [9.17, 15) is 0 Å². The van der Waals surface area contributed by atoms with E-state index in [0.717, 1.165) is 17.1 Å². The van der Waals surface area contributed by atoms with Crippen LogP contribution in [0.25, 0.3) is 11.5 Å². The van der Waals surface area contributed by atoms with E-state index < -0.39 is 0 Å². The number of nitrogens with two attached hydrogens (primary N) is 1. The van der Waals surface area contributed by atoms with E-state index in [1.807, 2.05) is 5.38 Å². The number of aromatic nitrogens is 3. The van der Waals surface area contributed by atoms with Gasteiger partial charge in [-0.05, 0) is 6.42 Å². The molecule has 0 saturated heterocycles. The zero-order valence-corrected chi connectivity index (χ0v) is 8.58. The highest BCUT2D eigenvalue weighted by atomic mass is 32.1. The molecule has 0 amide bonds. The van der Waals surface area contributed by atoms with E-state index in [1.165, 1.54) is 0 Å². The van der Waals surface area contributed by atoms with E-state index in [-0.39, 0.29) is 0 Å². The van der Waals surface area contributed by atoms with Gasteiger partial charge >= 0.3 is 0 Å². The van der Waals surface area contributed by atoms with Crippen molar-refractivity contribution in [2.24, 2.45) is 0 Å². The second-order valence-corrected chi connectivity index (χ2v) is 3.76. The summed E-state index contributed by atoms with van der Waals surface area (Å²) >= 11 is 1.63. The van der Waals surface area contributed by atoms with Gasteiger partial charge < -0.3 is 5.73 Å². The molecular formula is C9H10N4S. The van der Waals surface area contributed by atoms with Crippen LogP contribution in [-0.4, -0.2) is 15.0 Å². The number of anilines is 1. The normalized spacial score (nSPS) is 10.4. The quantitative estimate of drug-likeness (QED) is 0.813. The predicted octanol–water partition coefficient (Wildman–Crippen LogP) is 1.74. The van der Waals surface area contributed by atoms with Gasteiger partial charge in [-0.2, -0.15) is 0 Å². The van der Waals surface area contributed by atoms with Gasteiger partial charge in [0.25, 0.3) is 0 Å². The highest BCUT2D eigenvalue weighted by molar-refractivity contribution is 7.09. The van der Waals surface area contributed by atoms with Gasteiger partial charge in [-0.1, -0.05) is 6.92 Å². The fraction of sp³-hybridized carbons (Fsp3) is 0.222. The number of nitrogens with zero attached hydrogens (tertiary/aromatic N) is 3. The molecule has 0 aromatic carbocycles. The summed E-state index contributed by atoms with van der Waals surface area (Å²) in [5.74, 6) is 0.634. The third-order valence-electron chi connectivity index (χ3n) is 1.76. The number of hydrogen-bond donors (Lipinski definition) is 1. The highest BCUT2D eigenvalue weighted by Gasteiger charge is 2.05. The van der Waals surface area contributed by atoms with Gasteiger partial charge in [0, 0.05) is 5.38 Å². The molecule has 2 heterocycles. The van der Waals surface area contributed by atoms with Crippen molar-refractivity contribution in [3.05, 3.63) is 22.8 Å². The lowest BCUT2D eigenvalue weighted by Crippen LogP contribution is -1.92. The standard InChI is InChI=1S/C9H10N4S/c1-2-8-13-7(5-14-8)9-11-3-6(10)4-12-9/h3-5H,2,10H2,1H3. The molecule has 2 aromatic heterocycles. The van der Waals surface area contributed by atoms with Gasteiger partial charge in [-0.25, -0.2) is 15.0 Å². The van der Waals surface area contributed by atoms with Crippen LogP contribution in [0.1, 0.15) is 11.9 Å². The van der Waals surface area contributed by atoms with Gasteiger partial charge in [-0.15, -0.1) is 11.3 Å². The lowest BCUT2D eigenvalue weighted by Gasteiger charge is -1.94. The summed E-state index contributed by atoms with van der Waals surface area (Å²) in [4.78, 5) is 12.6. The third-order valence-corrected chi connectivity index (χ3v) is 2.75. The fourth-order valence-electron chi connectivity index (χ4n) is 1.05. The Kier molecular flexibility index (Phi) is 2.41. The molecule has 0 aliphatic rings. The summed E-state index contributed by atoms with van der Waals surface area (Å²) in [7, 11) is 0. The number of aryl methyl sites for hydroxylation is 1. The average Bonchev–Trinajstić information content (AvgIpc) is 2.67. The first-order valence-electron chi connectivity index (χ1n) is 4.32. The SMILES string of the molecule is CCc1nc(-c2ncc(N)cn2)cs1. The Bertz CT molecular complexity index is 421. The Hall–Kier alpha value is -1.49. The number of thiazole rings is 1. The first-order valence-corrected chi connectivity index (χ1v) is 5.20. The van der Waals surface area contributed by atoms with Crippen LogP contribution in [0.5, 0.6) is 0 Å². The van der Waals surface area contributed by atoms with E-state index in [0.29, 0.717) is 11.5 Å². The molecule has 14 heavy (non-hydrogen) atoms. The Morgan fingerprint density at radius 2 is 2.07 bits per heavy atom. The van der Waals surface area contributed by atoms with Crippen molar-refractivity contribution in [1.29, 1.82) is 0 Å². The number of hydrogen-bond acceptors (Lipinski definition) is 5. The average molecular weight is 206 g/mol. The van der Waals surface area contributed by atoms with Gasteiger partial charge in [0.05, 0.1) is 23.1 Å². The Morgan fingerprint density at radius 3 is 2.64 bits per heavy atom. The van der Waals surface area contributed by atoms with Gasteiger partial charge in [0.15, 0.2) is 5.82 Å². The summed E-state index contributed by atoms with van der Waals surface area (Å²) in [6.45, 7) is 2.08. The van der Waals surface area contributed by atoms with Crippen LogP contribution in [0.3, 0.4) is 0 Å².